The van der Waals surface area contributed by atoms with Crippen LogP contribution < -0.4 is 14.8 Å². The molecule has 2 N–H and O–H groups in total. The molecule has 28 heavy (non-hydrogen) atoms. The smallest absolute Gasteiger partial charge is 0.257 e. The van der Waals surface area contributed by atoms with Crippen LogP contribution in [0.25, 0.3) is 22.2 Å². The van der Waals surface area contributed by atoms with Crippen LogP contribution in [-0.2, 0) is 0 Å². The summed E-state index contributed by atoms with van der Waals surface area (Å²) in [6, 6.07) is 11.4. The fraction of sp³-hybridized carbons (Fsp3) is 0.143. The van der Waals surface area contributed by atoms with E-state index >= 15 is 0 Å². The number of carbonyl (C=O) groups excluding carboxylic acids is 1. The predicted molar refractivity (Wildman–Crippen MR) is 109 cm³/mol. The molecule has 2 aromatic heterocycles. The van der Waals surface area contributed by atoms with Crippen LogP contribution in [0.1, 0.15) is 21.6 Å². The molecule has 0 unspecified atom stereocenters. The number of amides is 1. The number of carbonyl (C=O) groups is 1. The van der Waals surface area contributed by atoms with Crippen LogP contribution >= 0.6 is 11.3 Å². The molecule has 0 bridgehead atoms. The number of anilines is 1. The highest BCUT2D eigenvalue weighted by Crippen LogP contribution is 2.36. The van der Waals surface area contributed by atoms with Gasteiger partial charge in [-0.1, -0.05) is 0 Å². The van der Waals surface area contributed by atoms with Crippen LogP contribution in [-0.4, -0.2) is 22.7 Å². The molecule has 7 heteroatoms. The molecular formula is C21H17N3O3S. The molecule has 0 aliphatic carbocycles. The van der Waals surface area contributed by atoms with Gasteiger partial charge in [0.25, 0.3) is 5.91 Å². The number of nitrogens with one attached hydrogen (secondary N) is 2. The van der Waals surface area contributed by atoms with E-state index in [1.807, 2.05) is 55.6 Å². The van der Waals surface area contributed by atoms with Crippen molar-refractivity contribution in [2.75, 3.05) is 12.1 Å². The lowest BCUT2D eigenvalue weighted by molar-refractivity contribution is 0.102. The number of aryl methyl sites for hydroxylation is 2. The van der Waals surface area contributed by atoms with Gasteiger partial charge in [0.2, 0.25) is 6.79 Å². The van der Waals surface area contributed by atoms with E-state index in [-0.39, 0.29) is 12.7 Å². The first-order valence-corrected chi connectivity index (χ1v) is 9.72. The average Bonchev–Trinajstić information content (AvgIpc) is 3.41. The molecule has 1 amide bonds. The van der Waals surface area contributed by atoms with E-state index in [1.165, 1.54) is 11.3 Å². The molecule has 1 aliphatic heterocycles. The Hall–Kier alpha value is -3.32. The van der Waals surface area contributed by atoms with Crippen LogP contribution in [0.4, 0.5) is 5.13 Å². The maximum atomic E-state index is 12.7. The zero-order valence-electron chi connectivity index (χ0n) is 15.3. The molecule has 3 heterocycles. The van der Waals surface area contributed by atoms with Crippen LogP contribution in [0.15, 0.2) is 41.8 Å². The Morgan fingerprint density at radius 1 is 1.14 bits per heavy atom. The van der Waals surface area contributed by atoms with Crippen LogP contribution in [0.5, 0.6) is 11.5 Å². The number of rotatable bonds is 3. The first kappa shape index (κ1) is 16.8. The summed E-state index contributed by atoms with van der Waals surface area (Å²) in [4.78, 5) is 20.5. The van der Waals surface area contributed by atoms with Gasteiger partial charge in [-0.05, 0) is 55.8 Å². The van der Waals surface area contributed by atoms with Crippen molar-refractivity contribution in [3.8, 4) is 22.8 Å². The summed E-state index contributed by atoms with van der Waals surface area (Å²) in [7, 11) is 0. The Morgan fingerprint density at radius 3 is 2.89 bits per heavy atom. The topological polar surface area (TPSA) is 76.2 Å². The minimum Gasteiger partial charge on any atom is -0.454 e. The van der Waals surface area contributed by atoms with E-state index in [4.69, 9.17) is 9.47 Å². The van der Waals surface area contributed by atoms with Gasteiger partial charge >= 0.3 is 0 Å². The Bertz CT molecular complexity index is 1230. The van der Waals surface area contributed by atoms with Crippen molar-refractivity contribution in [1.29, 1.82) is 0 Å². The molecule has 0 saturated heterocycles. The fourth-order valence-corrected chi connectivity index (χ4v) is 4.01. The van der Waals surface area contributed by atoms with Crippen molar-refractivity contribution in [2.45, 2.75) is 13.8 Å². The lowest BCUT2D eigenvalue weighted by atomic mass is 10.1. The molecular weight excluding hydrogens is 374 g/mol. The van der Waals surface area contributed by atoms with Crippen molar-refractivity contribution in [3.63, 3.8) is 0 Å². The van der Waals surface area contributed by atoms with Crippen molar-refractivity contribution in [3.05, 3.63) is 58.6 Å². The highest BCUT2D eigenvalue weighted by atomic mass is 32.1. The minimum absolute atomic E-state index is 0.174. The maximum Gasteiger partial charge on any atom is 0.257 e. The first-order chi connectivity index (χ1) is 13.6. The molecule has 4 aromatic rings. The average molecular weight is 391 g/mol. The molecule has 0 saturated carbocycles. The number of hydrogen-bond acceptors (Lipinski definition) is 5. The largest absolute Gasteiger partial charge is 0.454 e. The first-order valence-electron chi connectivity index (χ1n) is 8.84. The third-order valence-corrected chi connectivity index (χ3v) is 5.72. The standard InChI is InChI=1S/C21H17N3O3S/c1-11-12(2)22-16-5-3-14(7-15(11)16)20(25)24-21-23-17(9-28-21)13-4-6-18-19(8-13)27-10-26-18/h3-9,22H,10H2,1-2H3,(H,23,24,25). The second kappa shape index (κ2) is 6.38. The quantitative estimate of drug-likeness (QED) is 0.521. The molecule has 0 radical (unpaired) electrons. The highest BCUT2D eigenvalue weighted by molar-refractivity contribution is 7.14. The van der Waals surface area contributed by atoms with Gasteiger partial charge in [-0.2, -0.15) is 0 Å². The third-order valence-electron chi connectivity index (χ3n) is 4.96. The van der Waals surface area contributed by atoms with E-state index < -0.39 is 0 Å². The van der Waals surface area contributed by atoms with Gasteiger partial charge in [-0.25, -0.2) is 4.98 Å². The van der Waals surface area contributed by atoms with Gasteiger partial charge in [0.1, 0.15) is 0 Å². The molecule has 0 fully saturated rings. The van der Waals surface area contributed by atoms with Gasteiger partial charge in [-0.3, -0.25) is 10.1 Å². The molecule has 6 nitrogen and oxygen atoms in total. The summed E-state index contributed by atoms with van der Waals surface area (Å²) in [6.45, 7) is 4.32. The van der Waals surface area contributed by atoms with Gasteiger partial charge in [-0.15, -0.1) is 11.3 Å². The van der Waals surface area contributed by atoms with Crippen molar-refractivity contribution in [1.82, 2.24) is 9.97 Å². The van der Waals surface area contributed by atoms with Crippen LogP contribution in [0.2, 0.25) is 0 Å². The number of H-pyrrole nitrogens is 1. The number of aromatic amines is 1. The molecule has 2 aromatic carbocycles. The molecule has 1 aliphatic rings. The van der Waals surface area contributed by atoms with Crippen LogP contribution in [0.3, 0.4) is 0 Å². The number of thiazole rings is 1. The summed E-state index contributed by atoms with van der Waals surface area (Å²) < 4.78 is 10.8. The SMILES string of the molecule is Cc1[nH]c2ccc(C(=O)Nc3nc(-c4ccc5c(c4)OCO5)cs3)cc2c1C. The molecule has 140 valence electrons. The van der Waals surface area contributed by atoms with E-state index in [2.05, 4.69) is 15.3 Å². The Balaban J connectivity index is 1.38. The molecule has 0 atom stereocenters. The van der Waals surface area contributed by atoms with Crippen molar-refractivity contribution < 1.29 is 14.3 Å². The summed E-state index contributed by atoms with van der Waals surface area (Å²) in [6.07, 6.45) is 0. The Labute approximate surface area is 165 Å². The second-order valence-corrected chi connectivity index (χ2v) is 7.55. The Kier molecular flexibility index (Phi) is 3.84. The minimum atomic E-state index is -0.174. The van der Waals surface area contributed by atoms with E-state index in [0.29, 0.717) is 16.4 Å². The summed E-state index contributed by atoms with van der Waals surface area (Å²) in [5, 5.41) is 6.42. The zero-order chi connectivity index (χ0) is 19.3. The predicted octanol–water partition coefficient (Wildman–Crippen LogP) is 4.89. The highest BCUT2D eigenvalue weighted by Gasteiger charge is 2.16. The van der Waals surface area contributed by atoms with E-state index in [1.54, 1.807) is 0 Å². The normalized spacial score (nSPS) is 12.5. The number of benzene rings is 2. The van der Waals surface area contributed by atoms with Gasteiger partial charge < -0.3 is 14.5 Å². The second-order valence-electron chi connectivity index (χ2n) is 6.70. The van der Waals surface area contributed by atoms with Gasteiger partial charge in [0, 0.05) is 33.1 Å². The third kappa shape index (κ3) is 2.80. The maximum absolute atomic E-state index is 12.7. The summed E-state index contributed by atoms with van der Waals surface area (Å²) in [5.41, 5.74) is 5.61. The zero-order valence-corrected chi connectivity index (χ0v) is 16.1. The molecule has 5 rings (SSSR count). The van der Waals surface area contributed by atoms with E-state index in [0.717, 1.165) is 39.2 Å². The number of ether oxygens (including phenoxy) is 2. The monoisotopic (exact) mass is 391 g/mol. The summed E-state index contributed by atoms with van der Waals surface area (Å²) >= 11 is 1.39. The van der Waals surface area contributed by atoms with Gasteiger partial charge in [0.05, 0.1) is 5.69 Å². The van der Waals surface area contributed by atoms with Crippen LogP contribution in [0, 0.1) is 13.8 Å². The number of nitrogens with zero attached hydrogens (tertiary/aromatic N) is 1. The molecule has 0 spiro atoms. The van der Waals surface area contributed by atoms with Gasteiger partial charge in [0.15, 0.2) is 16.6 Å². The lowest BCUT2D eigenvalue weighted by Crippen LogP contribution is -2.11. The van der Waals surface area contributed by atoms with Crippen molar-refractivity contribution >= 4 is 33.3 Å². The Morgan fingerprint density at radius 2 is 2.00 bits per heavy atom. The van der Waals surface area contributed by atoms with E-state index in [9.17, 15) is 4.79 Å². The number of fused-ring (bicyclic) bond motifs is 2. The number of hydrogen-bond donors (Lipinski definition) is 2. The fourth-order valence-electron chi connectivity index (χ4n) is 3.29. The summed E-state index contributed by atoms with van der Waals surface area (Å²) in [5.74, 6) is 1.27. The van der Waals surface area contributed by atoms with Crippen molar-refractivity contribution in [2.24, 2.45) is 0 Å². The lowest BCUT2D eigenvalue weighted by Gasteiger charge is -2.03. The number of aromatic nitrogens is 2.